The van der Waals surface area contributed by atoms with Crippen LogP contribution in [0.2, 0.25) is 0 Å². The van der Waals surface area contributed by atoms with Crippen LogP contribution < -0.4 is 16.0 Å². The van der Waals surface area contributed by atoms with Gasteiger partial charge in [-0.3, -0.25) is 20.5 Å². The van der Waals surface area contributed by atoms with Gasteiger partial charge in [0.2, 0.25) is 5.78 Å². The molecule has 33 heavy (non-hydrogen) atoms. The van der Waals surface area contributed by atoms with E-state index in [0.29, 0.717) is 17.9 Å². The van der Waals surface area contributed by atoms with Gasteiger partial charge in [0.1, 0.15) is 12.7 Å². The lowest BCUT2D eigenvalue weighted by atomic mass is 10.0. The number of Topliss-reactive ketones (excluding diaryl/α,β-unsaturated/α-hetero) is 1. The number of anilines is 2. The van der Waals surface area contributed by atoms with Crippen molar-refractivity contribution in [2.24, 2.45) is 15.7 Å². The van der Waals surface area contributed by atoms with Gasteiger partial charge in [-0.1, -0.05) is 24.3 Å². The molecule has 1 fully saturated rings. The molecule has 0 aromatic heterocycles. The number of nitrogens with one attached hydrogen (secondary N) is 1. The second-order valence-corrected chi connectivity index (χ2v) is 7.31. The molecule has 2 aromatic rings. The lowest BCUT2D eigenvalue weighted by Crippen LogP contribution is -2.46. The topological polar surface area (TPSA) is 136 Å². The third kappa shape index (κ3) is 6.33. The number of ether oxygens (including phenoxy) is 1. The van der Waals surface area contributed by atoms with E-state index in [9.17, 15) is 9.90 Å². The number of aliphatic hydroxyl groups is 1. The third-order valence-electron chi connectivity index (χ3n) is 5.09. The zero-order valence-electron chi connectivity index (χ0n) is 18.1. The van der Waals surface area contributed by atoms with Crippen molar-refractivity contribution in [1.29, 1.82) is 5.26 Å². The van der Waals surface area contributed by atoms with Crippen molar-refractivity contribution in [1.82, 2.24) is 0 Å². The Bertz CT molecular complexity index is 1060. The van der Waals surface area contributed by atoms with Gasteiger partial charge < -0.3 is 20.1 Å². The number of hydrogen-bond acceptors (Lipinski definition) is 9. The number of nitrogens with two attached hydrogens (primary N) is 1. The van der Waals surface area contributed by atoms with Crippen molar-refractivity contribution in [3.63, 3.8) is 0 Å². The van der Waals surface area contributed by atoms with Crippen LogP contribution >= 0.6 is 0 Å². The zero-order chi connectivity index (χ0) is 23.7. The van der Waals surface area contributed by atoms with Gasteiger partial charge in [-0.05, 0) is 37.1 Å². The molecule has 1 atom stereocenters. The molecule has 0 saturated carbocycles. The molecule has 1 saturated heterocycles. The first-order valence-corrected chi connectivity index (χ1v) is 10.4. The van der Waals surface area contributed by atoms with E-state index in [1.54, 1.807) is 24.4 Å². The molecule has 9 heteroatoms. The number of benzene rings is 2. The maximum atomic E-state index is 12.0. The fourth-order valence-electron chi connectivity index (χ4n) is 3.23. The molecule has 1 aliphatic rings. The number of nitrogens with zero attached hydrogens (tertiary/aromatic N) is 4. The number of carbonyl (C=O) groups excluding carboxylic acids is 1. The van der Waals surface area contributed by atoms with Crippen LogP contribution in [-0.2, 0) is 4.74 Å². The maximum absolute atomic E-state index is 12.0. The number of ketones is 1. The average molecular weight is 447 g/mol. The summed E-state index contributed by atoms with van der Waals surface area (Å²) in [6.07, 6.45) is 3.31. The third-order valence-corrected chi connectivity index (χ3v) is 5.09. The first kappa shape index (κ1) is 23.8. The van der Waals surface area contributed by atoms with Crippen molar-refractivity contribution in [2.75, 3.05) is 43.2 Å². The number of aliphatic imine (C=N–C) groups is 2. The Morgan fingerprint density at radius 2 is 1.85 bits per heavy atom. The second kappa shape index (κ2) is 11.2. The summed E-state index contributed by atoms with van der Waals surface area (Å²) >= 11 is 0. The Balaban J connectivity index is 1.54. The number of allylic oxidation sites excluding steroid dienone is 1. The summed E-state index contributed by atoms with van der Waals surface area (Å²) < 4.78 is 5.38. The highest BCUT2D eigenvalue weighted by atomic mass is 16.5. The van der Waals surface area contributed by atoms with Gasteiger partial charge in [0.25, 0.3) is 5.72 Å². The summed E-state index contributed by atoms with van der Waals surface area (Å²) in [5.74, 6) is -0.876. The minimum atomic E-state index is -2.56. The van der Waals surface area contributed by atoms with E-state index >= 15 is 0 Å². The molecular weight excluding hydrogens is 420 g/mol. The van der Waals surface area contributed by atoms with Crippen LogP contribution in [0, 0.1) is 11.3 Å². The second-order valence-electron chi connectivity index (χ2n) is 7.31. The van der Waals surface area contributed by atoms with E-state index in [2.05, 4.69) is 39.1 Å². The van der Waals surface area contributed by atoms with Crippen LogP contribution in [-0.4, -0.2) is 62.5 Å². The van der Waals surface area contributed by atoms with Gasteiger partial charge in [-0.2, -0.15) is 5.26 Å². The van der Waals surface area contributed by atoms with Gasteiger partial charge in [0.15, 0.2) is 0 Å². The molecule has 0 amide bonds. The Hall–Kier alpha value is -3.84. The van der Waals surface area contributed by atoms with Gasteiger partial charge in [-0.15, -0.1) is 0 Å². The fraction of sp³-hybridized carbons (Fsp3) is 0.250. The summed E-state index contributed by atoms with van der Waals surface area (Å²) in [7, 11) is 0. The quantitative estimate of drug-likeness (QED) is 0.232. The Morgan fingerprint density at radius 3 is 2.45 bits per heavy atom. The van der Waals surface area contributed by atoms with Crippen LogP contribution in [0.15, 0.2) is 64.6 Å². The molecule has 1 unspecified atom stereocenters. The van der Waals surface area contributed by atoms with Crippen LogP contribution in [0.1, 0.15) is 15.9 Å². The molecule has 1 aliphatic heterocycles. The summed E-state index contributed by atoms with van der Waals surface area (Å²) in [6.45, 7) is 7.26. The molecular formula is C24H26N6O3. The SMILES string of the molecule is C=N/C(=C\C=N/CNc1ccc(N2CCOCC2)cc1)c1ccc(C(=O)C(N)(O)C#N)cc1. The number of rotatable bonds is 9. The van der Waals surface area contributed by atoms with Crippen LogP contribution in [0.3, 0.4) is 0 Å². The smallest absolute Gasteiger partial charge is 0.268 e. The molecule has 0 aliphatic carbocycles. The lowest BCUT2D eigenvalue weighted by molar-refractivity contribution is 0.0577. The van der Waals surface area contributed by atoms with Gasteiger partial charge in [0.05, 0.1) is 18.9 Å². The fourth-order valence-corrected chi connectivity index (χ4v) is 3.23. The highest BCUT2D eigenvalue weighted by Gasteiger charge is 2.31. The molecule has 1 heterocycles. The first-order chi connectivity index (χ1) is 15.9. The highest BCUT2D eigenvalue weighted by molar-refractivity contribution is 6.04. The standard InChI is InChI=1S/C24H26N6O3/c1-27-22(18-2-4-19(5-3-18)23(31)24(26,32)16-25)10-11-28-17-29-20-6-8-21(9-7-20)30-12-14-33-15-13-30/h2-11,29,32H,1,12-15,17,26H2/b22-10-,28-11-. The molecule has 0 spiro atoms. The van der Waals surface area contributed by atoms with Crippen molar-refractivity contribution < 1.29 is 14.6 Å². The Kier molecular flexibility index (Phi) is 8.05. The van der Waals surface area contributed by atoms with Crippen LogP contribution in [0.25, 0.3) is 5.70 Å². The van der Waals surface area contributed by atoms with E-state index in [4.69, 9.17) is 15.7 Å². The van der Waals surface area contributed by atoms with E-state index in [1.165, 1.54) is 23.9 Å². The Labute approximate surface area is 192 Å². The predicted octanol–water partition coefficient (Wildman–Crippen LogP) is 2.06. The maximum Gasteiger partial charge on any atom is 0.268 e. The molecule has 2 aromatic carbocycles. The van der Waals surface area contributed by atoms with E-state index in [0.717, 1.165) is 32.0 Å². The Morgan fingerprint density at radius 1 is 1.21 bits per heavy atom. The predicted molar refractivity (Wildman–Crippen MR) is 130 cm³/mol. The normalized spacial score (nSPS) is 16.2. The van der Waals surface area contributed by atoms with Gasteiger partial charge in [-0.25, -0.2) is 0 Å². The highest BCUT2D eigenvalue weighted by Crippen LogP contribution is 2.19. The summed E-state index contributed by atoms with van der Waals surface area (Å²) in [5, 5.41) is 21.6. The largest absolute Gasteiger partial charge is 0.378 e. The monoisotopic (exact) mass is 446 g/mol. The van der Waals surface area contributed by atoms with Crippen molar-refractivity contribution in [2.45, 2.75) is 5.72 Å². The number of morpholine rings is 1. The molecule has 9 nitrogen and oxygen atoms in total. The lowest BCUT2D eigenvalue weighted by Gasteiger charge is -2.28. The van der Waals surface area contributed by atoms with Crippen LogP contribution in [0.5, 0.6) is 0 Å². The van der Waals surface area contributed by atoms with Gasteiger partial charge >= 0.3 is 0 Å². The first-order valence-electron chi connectivity index (χ1n) is 10.4. The van der Waals surface area contributed by atoms with E-state index in [1.807, 2.05) is 12.1 Å². The van der Waals surface area contributed by atoms with Crippen molar-refractivity contribution >= 4 is 35.8 Å². The van der Waals surface area contributed by atoms with Crippen LogP contribution in [0.4, 0.5) is 11.4 Å². The molecule has 0 radical (unpaired) electrons. The minimum Gasteiger partial charge on any atom is -0.378 e. The molecule has 3 rings (SSSR count). The molecule has 170 valence electrons. The molecule has 0 bridgehead atoms. The van der Waals surface area contributed by atoms with E-state index < -0.39 is 11.5 Å². The molecule has 4 N–H and O–H groups in total. The van der Waals surface area contributed by atoms with Gasteiger partial charge in [0, 0.05) is 41.8 Å². The summed E-state index contributed by atoms with van der Waals surface area (Å²) in [4.78, 5) is 22.6. The van der Waals surface area contributed by atoms with Crippen molar-refractivity contribution in [3.8, 4) is 6.07 Å². The minimum absolute atomic E-state index is 0.117. The zero-order valence-corrected chi connectivity index (χ0v) is 18.1. The summed E-state index contributed by atoms with van der Waals surface area (Å²) in [5.41, 5.74) is 6.21. The van der Waals surface area contributed by atoms with E-state index in [-0.39, 0.29) is 5.56 Å². The number of hydrogen-bond donors (Lipinski definition) is 3. The number of nitriles is 1. The summed E-state index contributed by atoms with van der Waals surface area (Å²) in [6, 6.07) is 15.7. The van der Waals surface area contributed by atoms with Crippen molar-refractivity contribution in [3.05, 3.63) is 65.7 Å². The number of carbonyl (C=O) groups is 1. The average Bonchev–Trinajstić information content (AvgIpc) is 2.87.